The molecule has 0 spiro atoms. The lowest BCUT2D eigenvalue weighted by Gasteiger charge is -2.16. The van der Waals surface area contributed by atoms with Gasteiger partial charge in [0.25, 0.3) is 0 Å². The smallest absolute Gasteiger partial charge is 0.127 e. The fourth-order valence-corrected chi connectivity index (χ4v) is 4.10. The van der Waals surface area contributed by atoms with Gasteiger partial charge in [-0.1, -0.05) is 76.6 Å². The molecule has 0 saturated heterocycles. The lowest BCUT2D eigenvalue weighted by atomic mass is 10.0. The largest absolute Gasteiger partial charge is 0.489 e. The predicted molar refractivity (Wildman–Crippen MR) is 143 cm³/mol. The first-order valence-electron chi connectivity index (χ1n) is 11.2. The maximum absolute atomic E-state index is 6.27. The summed E-state index contributed by atoms with van der Waals surface area (Å²) in [6.07, 6.45) is 0. The van der Waals surface area contributed by atoms with E-state index in [4.69, 9.17) is 9.47 Å². The zero-order valence-corrected chi connectivity index (χ0v) is 20.2. The topological polar surface area (TPSA) is 30.5 Å². The van der Waals surface area contributed by atoms with Crippen molar-refractivity contribution in [2.24, 2.45) is 0 Å². The van der Waals surface area contributed by atoms with Crippen LogP contribution in [-0.4, -0.2) is 0 Å². The third-order valence-electron chi connectivity index (χ3n) is 5.61. The molecule has 5 aromatic carbocycles. The third kappa shape index (κ3) is 5.41. The molecule has 0 aromatic heterocycles. The monoisotopic (exact) mass is 509 g/mol. The Labute approximate surface area is 208 Å². The maximum atomic E-state index is 6.27. The Hall–Kier alpha value is -3.76. The minimum absolute atomic E-state index is 0.518. The minimum atomic E-state index is 0.518. The van der Waals surface area contributed by atoms with Crippen molar-refractivity contribution < 1.29 is 9.47 Å². The molecule has 0 aliphatic carbocycles. The number of nitrogens with one attached hydrogen (secondary N) is 1. The van der Waals surface area contributed by atoms with Gasteiger partial charge in [0.1, 0.15) is 23.9 Å². The van der Waals surface area contributed by atoms with Gasteiger partial charge in [-0.25, -0.2) is 0 Å². The molecule has 0 aliphatic heterocycles. The van der Waals surface area contributed by atoms with E-state index in [-0.39, 0.29) is 0 Å². The van der Waals surface area contributed by atoms with Crippen molar-refractivity contribution in [2.45, 2.75) is 13.2 Å². The van der Waals surface area contributed by atoms with Crippen molar-refractivity contribution in [3.8, 4) is 17.2 Å². The quantitative estimate of drug-likeness (QED) is 0.227. The van der Waals surface area contributed by atoms with Crippen LogP contribution in [0.3, 0.4) is 0 Å². The van der Waals surface area contributed by atoms with E-state index < -0.39 is 0 Å². The van der Waals surface area contributed by atoms with Crippen LogP contribution in [0.5, 0.6) is 17.2 Å². The van der Waals surface area contributed by atoms with E-state index in [0.717, 1.165) is 38.5 Å². The van der Waals surface area contributed by atoms with E-state index >= 15 is 0 Å². The Morgan fingerprint density at radius 3 is 2.15 bits per heavy atom. The second-order valence-corrected chi connectivity index (χ2v) is 8.89. The first kappa shape index (κ1) is 22.1. The lowest BCUT2D eigenvalue weighted by Crippen LogP contribution is -2.04. The predicted octanol–water partition coefficient (Wildman–Crippen LogP) is 8.59. The second-order valence-electron chi connectivity index (χ2n) is 7.97. The van der Waals surface area contributed by atoms with Crippen molar-refractivity contribution in [1.82, 2.24) is 0 Å². The molecule has 4 heteroatoms. The Bertz CT molecular complexity index is 1370. The fourth-order valence-electron chi connectivity index (χ4n) is 3.83. The molecule has 0 aliphatic rings. The van der Waals surface area contributed by atoms with Gasteiger partial charge in [0.15, 0.2) is 0 Å². The first-order chi connectivity index (χ1) is 16.7. The van der Waals surface area contributed by atoms with Crippen molar-refractivity contribution in [2.75, 3.05) is 5.32 Å². The molecule has 0 unspecified atom stereocenters. The molecule has 0 saturated carbocycles. The fraction of sp³-hybridized carbons (Fsp3) is 0.0667. The van der Waals surface area contributed by atoms with Crippen LogP contribution in [0.15, 0.2) is 120 Å². The average Bonchev–Trinajstić information content (AvgIpc) is 2.89. The number of rotatable bonds is 8. The van der Waals surface area contributed by atoms with Crippen LogP contribution in [-0.2, 0) is 13.2 Å². The SMILES string of the molecule is Brc1ccc(COc2ccc3ccccc3c2CNc2ccc(Oc3ccccc3)cc2)cc1. The maximum Gasteiger partial charge on any atom is 0.127 e. The molecule has 168 valence electrons. The molecule has 1 N–H and O–H groups in total. The molecule has 0 amide bonds. The molecule has 0 fully saturated rings. The summed E-state index contributed by atoms with van der Waals surface area (Å²) >= 11 is 3.49. The highest BCUT2D eigenvalue weighted by Crippen LogP contribution is 2.30. The third-order valence-corrected chi connectivity index (χ3v) is 6.14. The second kappa shape index (κ2) is 10.4. The van der Waals surface area contributed by atoms with Gasteiger partial charge in [0.05, 0.1) is 0 Å². The summed E-state index contributed by atoms with van der Waals surface area (Å²) in [5.41, 5.74) is 3.29. The van der Waals surface area contributed by atoms with Crippen molar-refractivity contribution in [3.63, 3.8) is 0 Å². The zero-order valence-electron chi connectivity index (χ0n) is 18.6. The van der Waals surface area contributed by atoms with Crippen LogP contribution >= 0.6 is 15.9 Å². The van der Waals surface area contributed by atoms with E-state index in [2.05, 4.69) is 69.8 Å². The van der Waals surface area contributed by atoms with Crippen LogP contribution in [0.1, 0.15) is 11.1 Å². The number of halogens is 1. The van der Waals surface area contributed by atoms with E-state index in [1.54, 1.807) is 0 Å². The Morgan fingerprint density at radius 1 is 0.647 bits per heavy atom. The number of anilines is 1. The van der Waals surface area contributed by atoms with Gasteiger partial charge in [-0.15, -0.1) is 0 Å². The molecule has 5 rings (SSSR count). The summed E-state index contributed by atoms with van der Waals surface area (Å²) in [4.78, 5) is 0. The zero-order chi connectivity index (χ0) is 23.2. The van der Waals surface area contributed by atoms with Crippen LogP contribution < -0.4 is 14.8 Å². The number of hydrogen-bond donors (Lipinski definition) is 1. The molecule has 3 nitrogen and oxygen atoms in total. The van der Waals surface area contributed by atoms with E-state index in [1.165, 1.54) is 10.8 Å². The highest BCUT2D eigenvalue weighted by Gasteiger charge is 2.10. The first-order valence-corrected chi connectivity index (χ1v) is 12.0. The van der Waals surface area contributed by atoms with Gasteiger partial charge in [0.2, 0.25) is 0 Å². The summed E-state index contributed by atoms with van der Waals surface area (Å²) < 4.78 is 13.2. The van der Waals surface area contributed by atoms with Crippen molar-refractivity contribution in [1.29, 1.82) is 0 Å². The van der Waals surface area contributed by atoms with E-state index in [1.807, 2.05) is 66.7 Å². The average molecular weight is 510 g/mol. The van der Waals surface area contributed by atoms with Gasteiger partial charge in [-0.3, -0.25) is 0 Å². The summed E-state index contributed by atoms with van der Waals surface area (Å²) in [7, 11) is 0. The summed E-state index contributed by atoms with van der Waals surface area (Å²) in [6.45, 7) is 1.17. The molecule has 34 heavy (non-hydrogen) atoms. The van der Waals surface area contributed by atoms with Crippen molar-refractivity contribution >= 4 is 32.4 Å². The molecule has 5 aromatic rings. The molecule has 0 bridgehead atoms. The van der Waals surface area contributed by atoms with Gasteiger partial charge in [-0.05, 0) is 70.9 Å². The standard InChI is InChI=1S/C30H24BrNO2/c31-24-13-10-22(11-14-24)21-33-30-19-12-23-6-4-5-9-28(23)29(30)20-32-25-15-17-27(18-16-25)34-26-7-2-1-3-8-26/h1-19,32H,20-21H2. The highest BCUT2D eigenvalue weighted by atomic mass is 79.9. The molecule has 0 atom stereocenters. The van der Waals surface area contributed by atoms with Gasteiger partial charge in [-0.2, -0.15) is 0 Å². The normalized spacial score (nSPS) is 10.7. The van der Waals surface area contributed by atoms with Gasteiger partial charge < -0.3 is 14.8 Å². The minimum Gasteiger partial charge on any atom is -0.489 e. The number of fused-ring (bicyclic) bond motifs is 1. The van der Waals surface area contributed by atoms with E-state index in [0.29, 0.717) is 13.2 Å². The Morgan fingerprint density at radius 2 is 1.35 bits per heavy atom. The number of benzene rings is 5. The summed E-state index contributed by atoms with van der Waals surface area (Å²) in [6, 6.07) is 38.6. The Balaban J connectivity index is 1.32. The number of ether oxygens (including phenoxy) is 2. The van der Waals surface area contributed by atoms with Crippen molar-refractivity contribution in [3.05, 3.63) is 131 Å². The number of para-hydroxylation sites is 1. The van der Waals surface area contributed by atoms with Crippen LogP contribution in [0.25, 0.3) is 10.8 Å². The molecule has 0 heterocycles. The van der Waals surface area contributed by atoms with Gasteiger partial charge in [0, 0.05) is 22.3 Å². The van der Waals surface area contributed by atoms with Crippen LogP contribution in [0, 0.1) is 0 Å². The van der Waals surface area contributed by atoms with E-state index in [9.17, 15) is 0 Å². The molecular formula is C30H24BrNO2. The van der Waals surface area contributed by atoms with Crippen LogP contribution in [0.4, 0.5) is 5.69 Å². The highest BCUT2D eigenvalue weighted by molar-refractivity contribution is 9.10. The van der Waals surface area contributed by atoms with Crippen LogP contribution in [0.2, 0.25) is 0 Å². The molecular weight excluding hydrogens is 486 g/mol. The summed E-state index contributed by atoms with van der Waals surface area (Å²) in [5.74, 6) is 2.52. The summed E-state index contributed by atoms with van der Waals surface area (Å²) in [5, 5.41) is 5.93. The lowest BCUT2D eigenvalue weighted by molar-refractivity contribution is 0.304. The van der Waals surface area contributed by atoms with Gasteiger partial charge >= 0.3 is 0 Å². The Kier molecular flexibility index (Phi) is 6.78. The molecule has 0 radical (unpaired) electrons. The number of hydrogen-bond acceptors (Lipinski definition) is 3.